The van der Waals surface area contributed by atoms with Gasteiger partial charge in [-0.15, -0.1) is 11.8 Å². The van der Waals surface area contributed by atoms with Crippen molar-refractivity contribution in [1.82, 2.24) is 0 Å². The molecule has 4 heteroatoms. The number of ether oxygens (including phenoxy) is 1. The van der Waals surface area contributed by atoms with Gasteiger partial charge in [-0.25, -0.2) is 4.79 Å². The van der Waals surface area contributed by atoms with Crippen LogP contribution in [0.3, 0.4) is 0 Å². The fourth-order valence-corrected chi connectivity index (χ4v) is 6.23. The molecule has 1 aromatic rings. The van der Waals surface area contributed by atoms with E-state index in [2.05, 4.69) is 27.7 Å². The van der Waals surface area contributed by atoms with Crippen LogP contribution in [0, 0.1) is 0 Å². The van der Waals surface area contributed by atoms with Gasteiger partial charge < -0.3 is 9.84 Å². The molecule has 0 aliphatic carbocycles. The van der Waals surface area contributed by atoms with Crippen molar-refractivity contribution in [2.24, 2.45) is 0 Å². The summed E-state index contributed by atoms with van der Waals surface area (Å²) in [6.07, 6.45) is 1.61. The highest BCUT2D eigenvalue weighted by Gasteiger charge is 2.41. The van der Waals surface area contributed by atoms with Crippen LogP contribution in [0.15, 0.2) is 12.1 Å². The highest BCUT2D eigenvalue weighted by atomic mass is 32.2. The van der Waals surface area contributed by atoms with Gasteiger partial charge in [0.1, 0.15) is 11.9 Å². The number of hydrogen-bond acceptors (Lipinski definition) is 4. The van der Waals surface area contributed by atoms with Crippen molar-refractivity contribution in [2.75, 3.05) is 0 Å². The molecule has 0 radical (unpaired) electrons. The van der Waals surface area contributed by atoms with Gasteiger partial charge in [0, 0.05) is 20.6 Å². The highest BCUT2D eigenvalue weighted by Crippen LogP contribution is 2.48. The largest absolute Gasteiger partial charge is 0.507 e. The van der Waals surface area contributed by atoms with E-state index in [1.807, 2.05) is 53.3 Å². The summed E-state index contributed by atoms with van der Waals surface area (Å²) < 4.78 is 6.15. The molecule has 1 fully saturated rings. The predicted octanol–water partition coefficient (Wildman–Crippen LogP) is 6.60. The molecule has 0 spiro atoms. The molecule has 0 bridgehead atoms. The molecule has 3 nitrogen and oxygen atoms in total. The Balaban J connectivity index is 2.40. The molecular formula is C24H38O3S. The second kappa shape index (κ2) is 7.27. The molecule has 28 heavy (non-hydrogen) atoms. The molecule has 0 atom stereocenters. The normalized spacial score (nSPS) is 20.1. The van der Waals surface area contributed by atoms with Gasteiger partial charge in [0.05, 0.1) is 5.56 Å². The third-order valence-corrected chi connectivity index (χ3v) is 6.66. The number of carbonyl (C=O) groups excluding carboxylic acids is 1. The van der Waals surface area contributed by atoms with Crippen LogP contribution in [0.2, 0.25) is 0 Å². The van der Waals surface area contributed by atoms with Crippen LogP contribution < -0.4 is 0 Å². The smallest absolute Gasteiger partial charge is 0.338 e. The first-order valence-corrected chi connectivity index (χ1v) is 11.0. The van der Waals surface area contributed by atoms with Crippen molar-refractivity contribution >= 4 is 17.7 Å². The quantitative estimate of drug-likeness (QED) is 0.562. The van der Waals surface area contributed by atoms with Gasteiger partial charge in [0.2, 0.25) is 0 Å². The minimum atomic E-state index is -0.292. The van der Waals surface area contributed by atoms with Crippen molar-refractivity contribution in [3.05, 3.63) is 28.8 Å². The zero-order valence-electron chi connectivity index (χ0n) is 19.3. The Kier molecular flexibility index (Phi) is 6.00. The fourth-order valence-electron chi connectivity index (χ4n) is 4.20. The van der Waals surface area contributed by atoms with E-state index >= 15 is 0 Å². The number of benzene rings is 1. The molecule has 2 rings (SSSR count). The topological polar surface area (TPSA) is 46.5 Å². The molecule has 1 heterocycles. The van der Waals surface area contributed by atoms with Crippen LogP contribution in [0.4, 0.5) is 0 Å². The maximum Gasteiger partial charge on any atom is 0.338 e. The number of rotatable bonds is 2. The predicted molar refractivity (Wildman–Crippen MR) is 120 cm³/mol. The van der Waals surface area contributed by atoms with Crippen molar-refractivity contribution in [3.63, 3.8) is 0 Å². The first-order chi connectivity index (χ1) is 12.4. The first kappa shape index (κ1) is 23.1. The molecule has 1 aliphatic heterocycles. The molecule has 1 N–H and O–H groups in total. The van der Waals surface area contributed by atoms with E-state index in [1.54, 1.807) is 12.1 Å². The molecule has 0 saturated carbocycles. The summed E-state index contributed by atoms with van der Waals surface area (Å²) in [6, 6.07) is 3.61. The lowest BCUT2D eigenvalue weighted by Gasteiger charge is -2.43. The van der Waals surface area contributed by atoms with Gasteiger partial charge in [-0.2, -0.15) is 0 Å². The van der Waals surface area contributed by atoms with Crippen LogP contribution in [0.5, 0.6) is 5.75 Å². The van der Waals surface area contributed by atoms with E-state index in [1.165, 1.54) is 0 Å². The van der Waals surface area contributed by atoms with Gasteiger partial charge in [-0.1, -0.05) is 69.2 Å². The minimum absolute atomic E-state index is 0.0782. The van der Waals surface area contributed by atoms with E-state index < -0.39 is 0 Å². The van der Waals surface area contributed by atoms with Crippen molar-refractivity contribution in [1.29, 1.82) is 0 Å². The molecule has 0 unspecified atom stereocenters. The second-order valence-electron chi connectivity index (χ2n) is 11.5. The fraction of sp³-hybridized carbons (Fsp3) is 0.708. The molecule has 1 aromatic carbocycles. The standard InChI is InChI=1S/C24H38O3S/c1-21(2,3)17-11-15(12-18(19(17)25)22(4,5)6)20(26)27-16-13-23(7,8)28-24(9,10)14-16/h11-12,16,25H,13-14H2,1-10H3. The zero-order chi connectivity index (χ0) is 21.7. The molecule has 158 valence electrons. The summed E-state index contributed by atoms with van der Waals surface area (Å²) in [5.41, 5.74) is 1.55. The van der Waals surface area contributed by atoms with Gasteiger partial charge in [-0.05, 0) is 35.8 Å². The van der Waals surface area contributed by atoms with E-state index in [9.17, 15) is 9.90 Å². The van der Waals surface area contributed by atoms with Crippen LogP contribution in [0.25, 0.3) is 0 Å². The zero-order valence-corrected chi connectivity index (χ0v) is 20.1. The van der Waals surface area contributed by atoms with Crippen LogP contribution in [-0.2, 0) is 15.6 Å². The number of carbonyl (C=O) groups is 1. The number of phenols is 1. The Hall–Kier alpha value is -1.16. The molecule has 0 amide bonds. The van der Waals surface area contributed by atoms with Gasteiger partial charge in [0.25, 0.3) is 0 Å². The summed E-state index contributed by atoms with van der Waals surface area (Å²) in [5, 5.41) is 10.9. The van der Waals surface area contributed by atoms with E-state index in [4.69, 9.17) is 4.74 Å². The number of phenolic OH excluding ortho intramolecular Hbond substituents is 1. The monoisotopic (exact) mass is 406 g/mol. The average Bonchev–Trinajstić information content (AvgIpc) is 2.40. The average molecular weight is 407 g/mol. The number of hydrogen-bond donors (Lipinski definition) is 1. The number of aromatic hydroxyl groups is 1. The minimum Gasteiger partial charge on any atom is -0.507 e. The summed E-state index contributed by atoms with van der Waals surface area (Å²) >= 11 is 1.96. The summed E-state index contributed by atoms with van der Waals surface area (Å²) in [7, 11) is 0. The Labute approximate surface area is 175 Å². The lowest BCUT2D eigenvalue weighted by Crippen LogP contribution is -2.41. The highest BCUT2D eigenvalue weighted by molar-refractivity contribution is 8.01. The molecule has 1 aliphatic rings. The number of esters is 1. The second-order valence-corrected chi connectivity index (χ2v) is 13.9. The molecule has 0 aromatic heterocycles. The van der Waals surface area contributed by atoms with Gasteiger partial charge >= 0.3 is 5.97 Å². The van der Waals surface area contributed by atoms with Crippen LogP contribution in [0.1, 0.15) is 104 Å². The Morgan fingerprint density at radius 2 is 1.36 bits per heavy atom. The third kappa shape index (κ3) is 5.46. The third-order valence-electron chi connectivity index (χ3n) is 5.23. The van der Waals surface area contributed by atoms with Crippen LogP contribution >= 0.6 is 11.8 Å². The van der Waals surface area contributed by atoms with Crippen molar-refractivity contribution in [3.8, 4) is 5.75 Å². The maximum atomic E-state index is 13.1. The Bertz CT molecular complexity index is 697. The molecular weight excluding hydrogens is 368 g/mol. The van der Waals surface area contributed by atoms with Crippen LogP contribution in [-0.4, -0.2) is 26.7 Å². The molecule has 1 saturated heterocycles. The van der Waals surface area contributed by atoms with Crippen molar-refractivity contribution in [2.45, 2.75) is 109 Å². The van der Waals surface area contributed by atoms with E-state index in [0.29, 0.717) is 5.56 Å². The van der Waals surface area contributed by atoms with Gasteiger partial charge in [0.15, 0.2) is 0 Å². The van der Waals surface area contributed by atoms with E-state index in [-0.39, 0.29) is 38.1 Å². The maximum absolute atomic E-state index is 13.1. The lowest BCUT2D eigenvalue weighted by atomic mass is 9.78. The number of thioether (sulfide) groups is 1. The Morgan fingerprint density at radius 3 is 1.71 bits per heavy atom. The van der Waals surface area contributed by atoms with E-state index in [0.717, 1.165) is 24.0 Å². The SMILES string of the molecule is CC1(C)CC(OC(=O)c2cc(C(C)(C)C)c(O)c(C(C)(C)C)c2)CC(C)(C)S1. The lowest BCUT2D eigenvalue weighted by molar-refractivity contribution is 0.0207. The summed E-state index contributed by atoms with van der Waals surface area (Å²) in [6.45, 7) is 21.2. The summed E-state index contributed by atoms with van der Waals surface area (Å²) in [4.78, 5) is 13.1. The Morgan fingerprint density at radius 1 is 0.964 bits per heavy atom. The van der Waals surface area contributed by atoms with Gasteiger partial charge in [-0.3, -0.25) is 0 Å². The van der Waals surface area contributed by atoms with Crippen molar-refractivity contribution < 1.29 is 14.6 Å². The summed E-state index contributed by atoms with van der Waals surface area (Å²) in [5.74, 6) is -0.00705. The first-order valence-electron chi connectivity index (χ1n) is 10.2.